The molecule has 0 aliphatic rings. The number of hydrogen-bond acceptors (Lipinski definition) is 4. The van der Waals surface area contributed by atoms with E-state index in [9.17, 15) is 9.59 Å². The highest BCUT2D eigenvalue weighted by Crippen LogP contribution is 2.30. The second-order valence-electron chi connectivity index (χ2n) is 5.31. The summed E-state index contributed by atoms with van der Waals surface area (Å²) in [4.78, 5) is 28.8. The molecule has 0 saturated carbocycles. The number of rotatable bonds is 5. The Hall–Kier alpha value is -2.47. The lowest BCUT2D eigenvalue weighted by molar-refractivity contribution is -0.137. The van der Waals surface area contributed by atoms with Crippen molar-refractivity contribution in [1.82, 2.24) is 9.55 Å². The molecule has 0 amide bonds. The third-order valence-electron chi connectivity index (χ3n) is 3.74. The van der Waals surface area contributed by atoms with Gasteiger partial charge in [-0.2, -0.15) is 0 Å². The number of nitrogens with zero attached hydrogens (tertiary/aromatic N) is 2. The van der Waals surface area contributed by atoms with Crippen molar-refractivity contribution in [3.63, 3.8) is 0 Å². The minimum Gasteiger partial charge on any atom is -0.481 e. The van der Waals surface area contributed by atoms with Gasteiger partial charge in [0, 0.05) is 23.9 Å². The van der Waals surface area contributed by atoms with Gasteiger partial charge in [0.15, 0.2) is 0 Å². The highest BCUT2D eigenvalue weighted by atomic mass is 32.1. The third kappa shape index (κ3) is 3.03. The van der Waals surface area contributed by atoms with Gasteiger partial charge < -0.3 is 5.11 Å². The van der Waals surface area contributed by atoms with Gasteiger partial charge in [-0.1, -0.05) is 30.3 Å². The number of carbonyl (C=O) groups is 1. The van der Waals surface area contributed by atoms with Gasteiger partial charge in [-0.3, -0.25) is 14.2 Å². The van der Waals surface area contributed by atoms with E-state index in [4.69, 9.17) is 5.11 Å². The first-order valence-electron chi connectivity index (χ1n) is 7.34. The van der Waals surface area contributed by atoms with E-state index in [1.54, 1.807) is 11.5 Å². The Bertz CT molecular complexity index is 913. The van der Waals surface area contributed by atoms with Crippen LogP contribution in [0.1, 0.15) is 18.7 Å². The number of aliphatic carboxylic acids is 1. The molecule has 0 radical (unpaired) electrons. The molecule has 1 aromatic carbocycles. The van der Waals surface area contributed by atoms with Crippen molar-refractivity contribution < 1.29 is 9.90 Å². The fourth-order valence-electron chi connectivity index (χ4n) is 2.61. The molecule has 0 bridgehead atoms. The van der Waals surface area contributed by atoms with E-state index in [-0.39, 0.29) is 12.0 Å². The first-order chi connectivity index (χ1) is 11.1. The highest BCUT2D eigenvalue weighted by molar-refractivity contribution is 7.17. The van der Waals surface area contributed by atoms with Gasteiger partial charge in [0.1, 0.15) is 10.7 Å². The van der Waals surface area contributed by atoms with E-state index >= 15 is 0 Å². The van der Waals surface area contributed by atoms with E-state index in [1.807, 2.05) is 35.7 Å². The van der Waals surface area contributed by atoms with Crippen LogP contribution in [0.25, 0.3) is 21.3 Å². The summed E-state index contributed by atoms with van der Waals surface area (Å²) in [5, 5.41) is 11.3. The summed E-state index contributed by atoms with van der Waals surface area (Å²) in [5.74, 6) is -0.236. The molecule has 118 valence electrons. The molecule has 0 unspecified atom stereocenters. The summed E-state index contributed by atoms with van der Waals surface area (Å²) < 4.78 is 1.57. The van der Waals surface area contributed by atoms with Crippen molar-refractivity contribution in [3.8, 4) is 11.1 Å². The number of hydrogen-bond donors (Lipinski definition) is 1. The molecule has 23 heavy (non-hydrogen) atoms. The van der Waals surface area contributed by atoms with Crippen molar-refractivity contribution >= 4 is 27.5 Å². The van der Waals surface area contributed by atoms with Crippen molar-refractivity contribution in [1.29, 1.82) is 0 Å². The second-order valence-corrected chi connectivity index (χ2v) is 6.17. The number of fused-ring (bicyclic) bond motifs is 1. The van der Waals surface area contributed by atoms with Crippen LogP contribution in [-0.2, 0) is 11.3 Å². The van der Waals surface area contributed by atoms with Crippen molar-refractivity contribution in [3.05, 3.63) is 51.9 Å². The van der Waals surface area contributed by atoms with Gasteiger partial charge in [-0.05, 0) is 18.9 Å². The summed E-state index contributed by atoms with van der Waals surface area (Å²) in [6.07, 6.45) is 0.452. The maximum Gasteiger partial charge on any atom is 0.303 e. The smallest absolute Gasteiger partial charge is 0.303 e. The van der Waals surface area contributed by atoms with E-state index in [0.29, 0.717) is 24.2 Å². The van der Waals surface area contributed by atoms with Crippen LogP contribution in [0.5, 0.6) is 0 Å². The number of aromatic nitrogens is 2. The number of carboxylic acids is 1. The Morgan fingerprint density at radius 1 is 1.30 bits per heavy atom. The van der Waals surface area contributed by atoms with Gasteiger partial charge in [0.25, 0.3) is 5.56 Å². The molecule has 3 aromatic rings. The molecule has 0 spiro atoms. The van der Waals surface area contributed by atoms with Crippen molar-refractivity contribution in [2.45, 2.75) is 26.3 Å². The van der Waals surface area contributed by atoms with E-state index in [1.165, 1.54) is 11.3 Å². The Kier molecular flexibility index (Phi) is 4.25. The quantitative estimate of drug-likeness (QED) is 0.780. The molecule has 0 saturated heterocycles. The molecule has 0 atom stereocenters. The molecule has 2 aromatic heterocycles. The third-order valence-corrected chi connectivity index (χ3v) is 4.61. The zero-order valence-corrected chi connectivity index (χ0v) is 13.5. The standard InChI is InChI=1S/C17H16N2O3S/c1-11-18-16-15(17(22)19(11)9-5-8-14(20)21)13(10-23-16)12-6-3-2-4-7-12/h2-4,6-7,10H,5,8-9H2,1H3,(H,20,21). The van der Waals surface area contributed by atoms with E-state index in [0.717, 1.165) is 16.0 Å². The first-order valence-corrected chi connectivity index (χ1v) is 8.21. The average molecular weight is 328 g/mol. The fraction of sp³-hybridized carbons (Fsp3) is 0.235. The Labute approximate surface area is 136 Å². The Morgan fingerprint density at radius 3 is 2.74 bits per heavy atom. The van der Waals surface area contributed by atoms with Crippen LogP contribution in [-0.4, -0.2) is 20.6 Å². The SMILES string of the molecule is Cc1nc2scc(-c3ccccc3)c2c(=O)n1CCCC(=O)O. The van der Waals surface area contributed by atoms with Gasteiger partial charge in [-0.15, -0.1) is 11.3 Å². The molecule has 2 heterocycles. The van der Waals surface area contributed by atoms with E-state index < -0.39 is 5.97 Å². The highest BCUT2D eigenvalue weighted by Gasteiger charge is 2.15. The minimum absolute atomic E-state index is 0.0408. The lowest BCUT2D eigenvalue weighted by atomic mass is 10.1. The lowest BCUT2D eigenvalue weighted by Crippen LogP contribution is -2.24. The number of benzene rings is 1. The maximum absolute atomic E-state index is 12.9. The summed E-state index contributed by atoms with van der Waals surface area (Å²) in [6.45, 7) is 2.15. The molecular formula is C17H16N2O3S. The molecule has 1 N–H and O–H groups in total. The van der Waals surface area contributed by atoms with Crippen LogP contribution in [0, 0.1) is 6.92 Å². The van der Waals surface area contributed by atoms with Crippen LogP contribution < -0.4 is 5.56 Å². The first kappa shape index (κ1) is 15.4. The van der Waals surface area contributed by atoms with Crippen LogP contribution in [0.2, 0.25) is 0 Å². The van der Waals surface area contributed by atoms with Gasteiger partial charge in [-0.25, -0.2) is 4.98 Å². The monoisotopic (exact) mass is 328 g/mol. The second kappa shape index (κ2) is 6.34. The Morgan fingerprint density at radius 2 is 2.04 bits per heavy atom. The van der Waals surface area contributed by atoms with Crippen molar-refractivity contribution in [2.24, 2.45) is 0 Å². The summed E-state index contributed by atoms with van der Waals surface area (Å²) >= 11 is 1.46. The zero-order chi connectivity index (χ0) is 16.4. The molecule has 5 nitrogen and oxygen atoms in total. The fourth-order valence-corrected chi connectivity index (χ4v) is 3.59. The normalized spacial score (nSPS) is 11.0. The van der Waals surface area contributed by atoms with Gasteiger partial charge in [0.2, 0.25) is 0 Å². The molecule has 0 fully saturated rings. The number of aryl methyl sites for hydroxylation is 1. The maximum atomic E-state index is 12.9. The van der Waals surface area contributed by atoms with Crippen molar-refractivity contribution in [2.75, 3.05) is 0 Å². The summed E-state index contributed by atoms with van der Waals surface area (Å²) in [7, 11) is 0. The van der Waals surface area contributed by atoms with E-state index in [2.05, 4.69) is 4.98 Å². The summed E-state index contributed by atoms with van der Waals surface area (Å²) in [5.41, 5.74) is 1.77. The largest absolute Gasteiger partial charge is 0.481 e. The average Bonchev–Trinajstić information content (AvgIpc) is 2.95. The van der Waals surface area contributed by atoms with Crippen LogP contribution in [0.3, 0.4) is 0 Å². The predicted octanol–water partition coefficient (Wildman–Crippen LogP) is 3.30. The minimum atomic E-state index is -0.856. The van der Waals surface area contributed by atoms with Crippen LogP contribution in [0.4, 0.5) is 0 Å². The molecular weight excluding hydrogens is 312 g/mol. The Balaban J connectivity index is 2.09. The molecule has 6 heteroatoms. The topological polar surface area (TPSA) is 72.2 Å². The van der Waals surface area contributed by atoms with Gasteiger partial charge in [0.05, 0.1) is 5.39 Å². The zero-order valence-electron chi connectivity index (χ0n) is 12.7. The van der Waals surface area contributed by atoms with Gasteiger partial charge >= 0.3 is 5.97 Å². The lowest BCUT2D eigenvalue weighted by Gasteiger charge is -2.09. The van der Waals surface area contributed by atoms with Crippen LogP contribution >= 0.6 is 11.3 Å². The summed E-state index contributed by atoms with van der Waals surface area (Å²) in [6, 6.07) is 9.74. The number of carboxylic acid groups (broad SMARTS) is 1. The predicted molar refractivity (Wildman–Crippen MR) is 90.9 cm³/mol. The number of thiophene rings is 1. The molecule has 0 aliphatic carbocycles. The molecule has 0 aliphatic heterocycles. The van der Waals surface area contributed by atoms with Crippen LogP contribution in [0.15, 0.2) is 40.5 Å². The molecule has 3 rings (SSSR count).